The molecule has 28 heavy (non-hydrogen) atoms. The number of H-pyrrole nitrogens is 1. The maximum Gasteiger partial charge on any atom is 0.263 e. The van der Waals surface area contributed by atoms with Crippen LogP contribution in [0.4, 0.5) is 16.2 Å². The lowest BCUT2D eigenvalue weighted by molar-refractivity contribution is 0.580. The molecule has 3 N–H and O–H groups in total. The lowest BCUT2D eigenvalue weighted by Crippen LogP contribution is -2.28. The lowest BCUT2D eigenvalue weighted by atomic mass is 9.97. The predicted octanol–water partition coefficient (Wildman–Crippen LogP) is 3.86. The minimum atomic E-state index is -1.02. The van der Waals surface area contributed by atoms with Crippen molar-refractivity contribution in [1.82, 2.24) is 9.97 Å². The fraction of sp³-hybridized carbons (Fsp3) is 0.476. The minimum Gasteiger partial charge on any atom is -0.362 e. The van der Waals surface area contributed by atoms with Crippen molar-refractivity contribution in [1.29, 1.82) is 5.41 Å². The van der Waals surface area contributed by atoms with E-state index < -0.39 is 12.2 Å². The first-order chi connectivity index (χ1) is 13.3. The summed E-state index contributed by atoms with van der Waals surface area (Å²) in [6.45, 7) is 3.30. The van der Waals surface area contributed by atoms with Gasteiger partial charge in [-0.3, -0.25) is 9.78 Å². The molecule has 0 aliphatic heterocycles. The summed E-state index contributed by atoms with van der Waals surface area (Å²) in [7, 11) is 3.54. The van der Waals surface area contributed by atoms with E-state index in [4.69, 9.17) is 5.41 Å². The Hall–Kier alpha value is -2.70. The molecule has 1 unspecified atom stereocenters. The van der Waals surface area contributed by atoms with Crippen LogP contribution in [0.2, 0.25) is 0 Å². The maximum absolute atomic E-state index is 13.2. The molecule has 6 nitrogen and oxygen atoms in total. The number of benzene rings is 1. The van der Waals surface area contributed by atoms with Gasteiger partial charge in [-0.1, -0.05) is 38.1 Å². The van der Waals surface area contributed by atoms with Gasteiger partial charge in [0.05, 0.1) is 11.8 Å². The molecule has 0 amide bonds. The van der Waals surface area contributed by atoms with Gasteiger partial charge < -0.3 is 15.6 Å². The second kappa shape index (κ2) is 8.12. The first kappa shape index (κ1) is 20.0. The number of hydrogen-bond donors (Lipinski definition) is 3. The standard InChI is InChI=1S/C21H28FN5O/c1-12(2)13-5-7-14(8-6-13)18(15-9-10-15)24-19-17(16(23)11-22)20(28)26-21(25-19)27(3)4/h5-8,12,15,18,23H,9-11H2,1-4H3,(H2,24,25,26,28). The van der Waals surface area contributed by atoms with Gasteiger partial charge in [-0.05, 0) is 35.8 Å². The van der Waals surface area contributed by atoms with Crippen LogP contribution in [0.15, 0.2) is 29.1 Å². The van der Waals surface area contributed by atoms with Crippen molar-refractivity contribution in [2.75, 3.05) is 31.0 Å². The molecule has 1 fully saturated rings. The Labute approximate surface area is 164 Å². The van der Waals surface area contributed by atoms with Crippen LogP contribution in [-0.2, 0) is 0 Å². The van der Waals surface area contributed by atoms with Gasteiger partial charge in [0.25, 0.3) is 5.56 Å². The van der Waals surface area contributed by atoms with Crippen LogP contribution < -0.4 is 15.8 Å². The summed E-state index contributed by atoms with van der Waals surface area (Å²) in [5.74, 6) is 1.52. The van der Waals surface area contributed by atoms with Gasteiger partial charge in [0.1, 0.15) is 18.1 Å². The van der Waals surface area contributed by atoms with Crippen LogP contribution >= 0.6 is 0 Å². The normalized spacial score (nSPS) is 14.8. The molecule has 150 valence electrons. The first-order valence-electron chi connectivity index (χ1n) is 9.63. The number of alkyl halides is 1. The third-order valence-corrected chi connectivity index (χ3v) is 5.11. The van der Waals surface area contributed by atoms with Gasteiger partial charge in [0.2, 0.25) is 5.95 Å². The zero-order valence-electron chi connectivity index (χ0n) is 16.8. The van der Waals surface area contributed by atoms with Crippen molar-refractivity contribution in [2.24, 2.45) is 5.92 Å². The summed E-state index contributed by atoms with van der Waals surface area (Å²) in [6, 6.07) is 8.42. The van der Waals surface area contributed by atoms with Gasteiger partial charge in [-0.15, -0.1) is 0 Å². The molecule has 1 aliphatic rings. The molecule has 0 radical (unpaired) electrons. The molecule has 0 bridgehead atoms. The van der Waals surface area contributed by atoms with Gasteiger partial charge in [-0.2, -0.15) is 4.98 Å². The lowest BCUT2D eigenvalue weighted by Gasteiger charge is -2.23. The van der Waals surface area contributed by atoms with E-state index in [1.807, 2.05) is 0 Å². The molecule has 1 saturated carbocycles. The van der Waals surface area contributed by atoms with E-state index in [1.165, 1.54) is 5.56 Å². The molecular weight excluding hydrogens is 357 g/mol. The number of hydrogen-bond acceptors (Lipinski definition) is 5. The Bertz CT molecular complexity index is 900. The number of nitrogens with zero attached hydrogens (tertiary/aromatic N) is 2. The Morgan fingerprint density at radius 1 is 1.29 bits per heavy atom. The van der Waals surface area contributed by atoms with E-state index in [1.54, 1.807) is 19.0 Å². The van der Waals surface area contributed by atoms with E-state index in [0.717, 1.165) is 18.4 Å². The van der Waals surface area contributed by atoms with Crippen LogP contribution in [-0.4, -0.2) is 36.4 Å². The van der Waals surface area contributed by atoms with Crippen LogP contribution in [0.3, 0.4) is 0 Å². The van der Waals surface area contributed by atoms with Crippen LogP contribution in [0.25, 0.3) is 0 Å². The molecule has 7 heteroatoms. The quantitative estimate of drug-likeness (QED) is 0.603. The smallest absolute Gasteiger partial charge is 0.263 e. The largest absolute Gasteiger partial charge is 0.362 e. The number of anilines is 2. The van der Waals surface area contributed by atoms with E-state index in [9.17, 15) is 9.18 Å². The highest BCUT2D eigenvalue weighted by atomic mass is 19.1. The zero-order valence-corrected chi connectivity index (χ0v) is 16.8. The molecule has 1 aromatic carbocycles. The molecule has 3 rings (SSSR count). The Morgan fingerprint density at radius 2 is 1.89 bits per heavy atom. The molecule has 1 aromatic heterocycles. The third-order valence-electron chi connectivity index (χ3n) is 5.11. The van der Waals surface area contributed by atoms with Crippen LogP contribution in [0.1, 0.15) is 55.3 Å². The van der Waals surface area contributed by atoms with E-state index >= 15 is 0 Å². The van der Waals surface area contributed by atoms with Crippen molar-refractivity contribution in [3.8, 4) is 0 Å². The van der Waals surface area contributed by atoms with Crippen molar-refractivity contribution in [3.05, 3.63) is 51.3 Å². The highest BCUT2D eigenvalue weighted by Gasteiger charge is 2.33. The molecule has 1 heterocycles. The second-order valence-corrected chi connectivity index (χ2v) is 7.90. The van der Waals surface area contributed by atoms with Crippen molar-refractivity contribution < 1.29 is 4.39 Å². The summed E-state index contributed by atoms with van der Waals surface area (Å²) < 4.78 is 13.2. The summed E-state index contributed by atoms with van der Waals surface area (Å²) >= 11 is 0. The average Bonchev–Trinajstić information content (AvgIpc) is 3.50. The topological polar surface area (TPSA) is 84.9 Å². The summed E-state index contributed by atoms with van der Waals surface area (Å²) in [5, 5.41) is 11.3. The summed E-state index contributed by atoms with van der Waals surface area (Å²) in [4.78, 5) is 21.3. The third kappa shape index (κ3) is 4.24. The number of halogens is 1. The molecule has 0 saturated heterocycles. The van der Waals surface area contributed by atoms with Crippen LogP contribution in [0.5, 0.6) is 0 Å². The highest BCUT2D eigenvalue weighted by molar-refractivity contribution is 6.02. The SMILES string of the molecule is CC(C)c1ccc(C(Nc2nc(N(C)C)[nH]c(=O)c2C(=N)CF)C2CC2)cc1. The average molecular weight is 385 g/mol. The van der Waals surface area contributed by atoms with Crippen molar-refractivity contribution in [3.63, 3.8) is 0 Å². The Morgan fingerprint density at radius 3 is 2.39 bits per heavy atom. The monoisotopic (exact) mass is 385 g/mol. The van der Waals surface area contributed by atoms with Crippen LogP contribution in [0, 0.1) is 11.3 Å². The maximum atomic E-state index is 13.2. The number of aromatic amines is 1. The first-order valence-corrected chi connectivity index (χ1v) is 9.63. The van der Waals surface area contributed by atoms with E-state index in [0.29, 0.717) is 17.8 Å². The number of rotatable bonds is 8. The second-order valence-electron chi connectivity index (χ2n) is 7.90. The predicted molar refractivity (Wildman–Crippen MR) is 112 cm³/mol. The van der Waals surface area contributed by atoms with Crippen molar-refractivity contribution in [2.45, 2.75) is 38.6 Å². The fourth-order valence-corrected chi connectivity index (χ4v) is 3.26. The summed E-state index contributed by atoms with van der Waals surface area (Å²) in [6.07, 6.45) is 2.17. The van der Waals surface area contributed by atoms with E-state index in [-0.39, 0.29) is 23.1 Å². The highest BCUT2D eigenvalue weighted by Crippen LogP contribution is 2.43. The van der Waals surface area contributed by atoms with E-state index in [2.05, 4.69) is 53.4 Å². The van der Waals surface area contributed by atoms with Gasteiger partial charge in [0, 0.05) is 14.1 Å². The van der Waals surface area contributed by atoms with Crippen molar-refractivity contribution >= 4 is 17.5 Å². The molecule has 2 aromatic rings. The molecule has 0 spiro atoms. The van der Waals surface area contributed by atoms with Gasteiger partial charge in [-0.25, -0.2) is 4.39 Å². The Balaban J connectivity index is 2.01. The molecule has 1 atom stereocenters. The summed E-state index contributed by atoms with van der Waals surface area (Å²) in [5.41, 5.74) is 1.47. The molecule has 1 aliphatic carbocycles. The Kier molecular flexibility index (Phi) is 5.82. The minimum absolute atomic E-state index is 0.0300. The zero-order chi connectivity index (χ0) is 20.4. The fourth-order valence-electron chi connectivity index (χ4n) is 3.26. The number of nitrogens with one attached hydrogen (secondary N) is 3. The van der Waals surface area contributed by atoms with Gasteiger partial charge >= 0.3 is 0 Å². The number of aromatic nitrogens is 2. The van der Waals surface area contributed by atoms with Gasteiger partial charge in [0.15, 0.2) is 0 Å². The molecular formula is C21H28FN5O.